The van der Waals surface area contributed by atoms with E-state index < -0.39 is 0 Å². The minimum atomic E-state index is -0.167. The summed E-state index contributed by atoms with van der Waals surface area (Å²) in [4.78, 5) is 26.2. The second-order valence-corrected chi connectivity index (χ2v) is 6.08. The Hall–Kier alpha value is -2.82. The molecule has 25 heavy (non-hydrogen) atoms. The van der Waals surface area contributed by atoms with Crippen LogP contribution in [-0.2, 0) is 17.8 Å². The average molecular weight is 338 g/mol. The van der Waals surface area contributed by atoms with Crippen LogP contribution in [0.4, 0.5) is 5.69 Å². The minimum absolute atomic E-state index is 0.165. The summed E-state index contributed by atoms with van der Waals surface area (Å²) in [5, 5.41) is 2.92. The van der Waals surface area contributed by atoms with E-state index >= 15 is 0 Å². The van der Waals surface area contributed by atoms with Gasteiger partial charge in [-0.1, -0.05) is 13.0 Å². The first-order chi connectivity index (χ1) is 12.1. The monoisotopic (exact) mass is 338 g/mol. The van der Waals surface area contributed by atoms with E-state index in [2.05, 4.69) is 5.32 Å². The Morgan fingerprint density at radius 1 is 1.12 bits per heavy atom. The van der Waals surface area contributed by atoms with E-state index in [4.69, 9.17) is 4.74 Å². The van der Waals surface area contributed by atoms with Crippen LogP contribution in [0.2, 0.25) is 0 Å². The summed E-state index contributed by atoms with van der Waals surface area (Å²) >= 11 is 0. The van der Waals surface area contributed by atoms with Gasteiger partial charge in [0.1, 0.15) is 5.75 Å². The molecule has 5 heteroatoms. The normalized spacial score (nSPS) is 13.1. The number of hydrogen-bond donors (Lipinski definition) is 1. The number of hydrogen-bond acceptors (Lipinski definition) is 3. The summed E-state index contributed by atoms with van der Waals surface area (Å²) in [6, 6.07) is 12.9. The molecule has 2 aromatic carbocycles. The van der Waals surface area contributed by atoms with Crippen LogP contribution in [0.15, 0.2) is 42.5 Å². The smallest absolute Gasteiger partial charge is 0.255 e. The van der Waals surface area contributed by atoms with Crippen LogP contribution in [0.1, 0.15) is 34.8 Å². The van der Waals surface area contributed by atoms with Gasteiger partial charge in [0.2, 0.25) is 5.91 Å². The van der Waals surface area contributed by atoms with Crippen LogP contribution in [0, 0.1) is 0 Å². The van der Waals surface area contributed by atoms with Gasteiger partial charge in [0.25, 0.3) is 5.91 Å². The zero-order valence-corrected chi connectivity index (χ0v) is 14.5. The third kappa shape index (κ3) is 3.82. The lowest BCUT2D eigenvalue weighted by Crippen LogP contribution is -2.35. The van der Waals surface area contributed by atoms with Crippen molar-refractivity contribution in [1.82, 2.24) is 4.90 Å². The van der Waals surface area contributed by atoms with E-state index in [9.17, 15) is 9.59 Å². The predicted octanol–water partition coefficient (Wildman–Crippen LogP) is 3.24. The van der Waals surface area contributed by atoms with Crippen molar-refractivity contribution >= 4 is 17.5 Å². The Morgan fingerprint density at radius 3 is 2.56 bits per heavy atom. The molecule has 1 N–H and O–H groups in total. The number of rotatable bonds is 4. The Morgan fingerprint density at radius 2 is 1.88 bits per heavy atom. The molecule has 0 aromatic heterocycles. The molecule has 130 valence electrons. The number of carbonyl (C=O) groups is 2. The number of methoxy groups -OCH3 is 1. The molecular weight excluding hydrogens is 316 g/mol. The number of ether oxygens (including phenoxy) is 1. The summed E-state index contributed by atoms with van der Waals surface area (Å²) in [6.07, 6.45) is 1.37. The highest BCUT2D eigenvalue weighted by atomic mass is 16.5. The summed E-state index contributed by atoms with van der Waals surface area (Å²) in [5.41, 5.74) is 3.65. The molecule has 1 aliphatic heterocycles. The Labute approximate surface area is 147 Å². The van der Waals surface area contributed by atoms with E-state index in [0.29, 0.717) is 24.3 Å². The van der Waals surface area contributed by atoms with Crippen LogP contribution >= 0.6 is 0 Å². The summed E-state index contributed by atoms with van der Waals surface area (Å²) in [5.74, 6) is 0.712. The molecule has 0 radical (unpaired) electrons. The molecule has 3 rings (SSSR count). The van der Waals surface area contributed by atoms with Gasteiger partial charge in [-0.2, -0.15) is 0 Å². The van der Waals surface area contributed by atoms with Crippen LogP contribution < -0.4 is 10.1 Å². The highest BCUT2D eigenvalue weighted by Crippen LogP contribution is 2.23. The lowest BCUT2D eigenvalue weighted by molar-refractivity contribution is -0.131. The maximum Gasteiger partial charge on any atom is 0.255 e. The predicted molar refractivity (Wildman–Crippen MR) is 96.8 cm³/mol. The molecule has 1 aliphatic rings. The van der Waals surface area contributed by atoms with E-state index in [1.807, 2.05) is 30.0 Å². The molecule has 0 unspecified atom stereocenters. The van der Waals surface area contributed by atoms with Crippen molar-refractivity contribution in [3.8, 4) is 5.75 Å². The number of amides is 2. The second-order valence-electron chi connectivity index (χ2n) is 6.08. The van der Waals surface area contributed by atoms with Crippen LogP contribution in [0.25, 0.3) is 0 Å². The van der Waals surface area contributed by atoms with Crippen LogP contribution in [-0.4, -0.2) is 30.4 Å². The third-order valence-electron chi connectivity index (χ3n) is 4.48. The van der Waals surface area contributed by atoms with Gasteiger partial charge in [-0.15, -0.1) is 0 Å². The number of nitrogens with one attached hydrogen (secondary N) is 1. The molecule has 0 atom stereocenters. The molecular formula is C20H22N2O3. The van der Waals surface area contributed by atoms with Gasteiger partial charge in [0.15, 0.2) is 0 Å². The fourth-order valence-corrected chi connectivity index (χ4v) is 3.02. The topological polar surface area (TPSA) is 58.6 Å². The first kappa shape index (κ1) is 17.0. The van der Waals surface area contributed by atoms with E-state index in [0.717, 1.165) is 24.2 Å². The van der Waals surface area contributed by atoms with Crippen molar-refractivity contribution in [2.75, 3.05) is 19.0 Å². The lowest BCUT2D eigenvalue weighted by Gasteiger charge is -2.29. The van der Waals surface area contributed by atoms with Gasteiger partial charge < -0.3 is 15.0 Å². The summed E-state index contributed by atoms with van der Waals surface area (Å²) < 4.78 is 5.10. The van der Waals surface area contributed by atoms with E-state index in [-0.39, 0.29) is 11.8 Å². The summed E-state index contributed by atoms with van der Waals surface area (Å²) in [7, 11) is 1.59. The Kier molecular flexibility index (Phi) is 5.03. The fraction of sp³-hybridized carbons (Fsp3) is 0.300. The second kappa shape index (κ2) is 7.38. The van der Waals surface area contributed by atoms with Crippen molar-refractivity contribution in [2.45, 2.75) is 26.3 Å². The van der Waals surface area contributed by atoms with Gasteiger partial charge in [-0.3, -0.25) is 9.59 Å². The first-order valence-electron chi connectivity index (χ1n) is 8.45. The molecule has 0 fully saturated rings. The van der Waals surface area contributed by atoms with E-state index in [1.54, 1.807) is 31.4 Å². The van der Waals surface area contributed by atoms with Crippen molar-refractivity contribution in [3.63, 3.8) is 0 Å². The fourth-order valence-electron chi connectivity index (χ4n) is 3.02. The number of nitrogens with zero attached hydrogens (tertiary/aromatic N) is 1. The van der Waals surface area contributed by atoms with Gasteiger partial charge >= 0.3 is 0 Å². The average Bonchev–Trinajstić information content (AvgIpc) is 2.66. The van der Waals surface area contributed by atoms with Crippen molar-refractivity contribution < 1.29 is 14.3 Å². The molecule has 5 nitrogen and oxygen atoms in total. The largest absolute Gasteiger partial charge is 0.497 e. The van der Waals surface area contributed by atoms with Gasteiger partial charge in [-0.25, -0.2) is 0 Å². The van der Waals surface area contributed by atoms with Crippen molar-refractivity contribution in [2.24, 2.45) is 0 Å². The number of fused-ring (bicyclic) bond motifs is 1. The van der Waals surface area contributed by atoms with Crippen LogP contribution in [0.3, 0.4) is 0 Å². The quantitative estimate of drug-likeness (QED) is 0.931. The molecule has 2 amide bonds. The Balaban J connectivity index is 1.73. The highest BCUT2D eigenvalue weighted by molar-refractivity contribution is 6.04. The molecule has 0 bridgehead atoms. The maximum absolute atomic E-state index is 12.4. The molecule has 0 saturated carbocycles. The molecule has 2 aromatic rings. The van der Waals surface area contributed by atoms with Gasteiger partial charge in [0, 0.05) is 30.8 Å². The number of carbonyl (C=O) groups excluding carboxylic acids is 2. The third-order valence-corrected chi connectivity index (χ3v) is 4.48. The van der Waals surface area contributed by atoms with Gasteiger partial charge in [-0.05, 0) is 53.9 Å². The molecule has 0 aliphatic carbocycles. The Bertz CT molecular complexity index is 784. The zero-order chi connectivity index (χ0) is 17.8. The minimum Gasteiger partial charge on any atom is -0.497 e. The van der Waals surface area contributed by atoms with E-state index in [1.165, 1.54) is 5.56 Å². The highest BCUT2D eigenvalue weighted by Gasteiger charge is 2.20. The summed E-state index contributed by atoms with van der Waals surface area (Å²) in [6.45, 7) is 3.24. The van der Waals surface area contributed by atoms with Crippen molar-refractivity contribution in [1.29, 1.82) is 0 Å². The number of benzene rings is 2. The molecule has 0 spiro atoms. The maximum atomic E-state index is 12.4. The zero-order valence-electron chi connectivity index (χ0n) is 14.5. The molecule has 1 heterocycles. The SMILES string of the molecule is CCC(=O)N1CCc2ccc(NC(=O)c3ccc(OC)cc3)cc2C1. The molecule has 0 saturated heterocycles. The van der Waals surface area contributed by atoms with Gasteiger partial charge in [0.05, 0.1) is 7.11 Å². The number of anilines is 1. The first-order valence-corrected chi connectivity index (χ1v) is 8.45. The van der Waals surface area contributed by atoms with Crippen LogP contribution in [0.5, 0.6) is 5.75 Å². The lowest BCUT2D eigenvalue weighted by atomic mass is 9.98. The van der Waals surface area contributed by atoms with Crippen molar-refractivity contribution in [3.05, 3.63) is 59.2 Å². The standard InChI is InChI=1S/C20H22N2O3/c1-3-19(23)22-11-10-14-4-7-17(12-16(14)13-22)21-20(24)15-5-8-18(25-2)9-6-15/h4-9,12H,3,10-11,13H2,1-2H3,(H,21,24).